The summed E-state index contributed by atoms with van der Waals surface area (Å²) in [5.41, 5.74) is 4.88. The number of alkyl halides is 1. The lowest BCUT2D eigenvalue weighted by Gasteiger charge is -2.33. The first-order valence-corrected chi connectivity index (χ1v) is 11.5. The van der Waals surface area contributed by atoms with Gasteiger partial charge in [-0.15, -0.1) is 0 Å². The maximum Gasteiger partial charge on any atom is 0.232 e. The third-order valence-electron chi connectivity index (χ3n) is 6.32. The fourth-order valence-corrected chi connectivity index (χ4v) is 5.79. The van der Waals surface area contributed by atoms with E-state index < -0.39 is 34.4 Å². The zero-order valence-electron chi connectivity index (χ0n) is 18.5. The number of carbonyl (C=O) groups is 1. The van der Waals surface area contributed by atoms with E-state index in [2.05, 4.69) is 19.9 Å². The van der Waals surface area contributed by atoms with Crippen molar-refractivity contribution in [2.75, 3.05) is 6.67 Å². The quantitative estimate of drug-likeness (QED) is 0.462. The number of hydrogen-bond donors (Lipinski definition) is 1. The van der Waals surface area contributed by atoms with E-state index in [1.165, 1.54) is 30.9 Å². The number of Topliss-reactive ketones (excluding diaryl/α,β-unsaturated/α-hetero) is 1. The Morgan fingerprint density at radius 3 is 2.80 bits per heavy atom. The van der Waals surface area contributed by atoms with Crippen LogP contribution in [0.2, 0.25) is 0 Å². The van der Waals surface area contributed by atoms with E-state index in [1.54, 1.807) is 6.92 Å². The minimum atomic E-state index is -1.24. The molecule has 8 nitrogen and oxygen atoms in total. The molecule has 12 heteroatoms. The number of nitrogens with zero attached hydrogens (tertiary/aromatic N) is 4. The molecule has 1 saturated carbocycles. The summed E-state index contributed by atoms with van der Waals surface area (Å²) in [6, 6.07) is 2.35. The van der Waals surface area contributed by atoms with Crippen LogP contribution in [0.4, 0.5) is 13.2 Å². The summed E-state index contributed by atoms with van der Waals surface area (Å²) in [6.07, 6.45) is 5.59. The molecular formula is C23H20F3N5O3S. The average Bonchev–Trinajstić information content (AvgIpc) is 3.34. The molecule has 0 spiro atoms. The Morgan fingerprint density at radius 2 is 2.11 bits per heavy atom. The Morgan fingerprint density at radius 1 is 1.29 bits per heavy atom. The van der Waals surface area contributed by atoms with Gasteiger partial charge in [-0.2, -0.15) is 0 Å². The highest BCUT2D eigenvalue weighted by Gasteiger charge is 2.66. The molecule has 5 rings (SSSR count). The highest BCUT2D eigenvalue weighted by molar-refractivity contribution is 8.15. The van der Waals surface area contributed by atoms with Gasteiger partial charge in [-0.05, 0) is 31.0 Å². The number of thioether (sulfide) groups is 1. The highest BCUT2D eigenvalue weighted by Crippen LogP contribution is 2.66. The lowest BCUT2D eigenvalue weighted by molar-refractivity contribution is 0.0987. The van der Waals surface area contributed by atoms with Crippen molar-refractivity contribution in [3.8, 4) is 5.88 Å². The number of rotatable bonds is 8. The van der Waals surface area contributed by atoms with Gasteiger partial charge in [0.2, 0.25) is 11.8 Å². The van der Waals surface area contributed by atoms with Gasteiger partial charge >= 0.3 is 0 Å². The number of fused-ring (bicyclic) bond motifs is 1. The van der Waals surface area contributed by atoms with Gasteiger partial charge in [0.25, 0.3) is 0 Å². The van der Waals surface area contributed by atoms with Gasteiger partial charge in [0, 0.05) is 17.9 Å². The standard InChI is InChI=1S/C23H20F3N5O3S/c1-22(17-7-23(17,11-24)35-21(27)31-22)13-4-12(5-14(25)20(13)26)6-16(32)15-8-30-18(9-29-15)34-10-19-28-2-3-33-19/h2-5,8-9,17H,6-7,10-11H2,1H3,(H2,27,31)/t17-,22+,23+/m0/s1. The first-order chi connectivity index (χ1) is 16.7. The summed E-state index contributed by atoms with van der Waals surface area (Å²) in [5.74, 6) is -2.48. The number of nitrogens with two attached hydrogens (primary N) is 1. The third kappa shape index (κ3) is 4.26. The predicted molar refractivity (Wildman–Crippen MR) is 121 cm³/mol. The van der Waals surface area contributed by atoms with Crippen LogP contribution in [0.15, 0.2) is 46.4 Å². The number of halogens is 3. The summed E-state index contributed by atoms with van der Waals surface area (Å²) >= 11 is 1.13. The molecule has 1 aromatic carbocycles. The largest absolute Gasteiger partial charge is 0.467 e. The molecule has 2 N–H and O–H groups in total. The Balaban J connectivity index is 1.35. The van der Waals surface area contributed by atoms with Gasteiger partial charge in [-0.3, -0.25) is 9.79 Å². The fraction of sp³-hybridized carbons (Fsp3) is 0.348. The molecule has 0 bridgehead atoms. The van der Waals surface area contributed by atoms with Gasteiger partial charge < -0.3 is 14.9 Å². The predicted octanol–water partition coefficient (Wildman–Crippen LogP) is 3.75. The molecule has 0 unspecified atom stereocenters. The van der Waals surface area contributed by atoms with Crippen molar-refractivity contribution in [3.63, 3.8) is 0 Å². The van der Waals surface area contributed by atoms with Crippen molar-refractivity contribution in [3.05, 3.63) is 71.3 Å². The molecule has 3 aromatic rings. The average molecular weight is 504 g/mol. The Labute approximate surface area is 202 Å². The summed E-state index contributed by atoms with van der Waals surface area (Å²) in [5, 5.41) is 0.126. The second kappa shape index (κ2) is 8.67. The number of aromatic nitrogens is 3. The Kier molecular flexibility index (Phi) is 5.78. The second-order valence-corrected chi connectivity index (χ2v) is 10.1. The van der Waals surface area contributed by atoms with E-state index in [1.807, 2.05) is 0 Å². The van der Waals surface area contributed by atoms with Crippen molar-refractivity contribution in [2.24, 2.45) is 16.6 Å². The van der Waals surface area contributed by atoms with Crippen LogP contribution in [0.25, 0.3) is 0 Å². The number of aliphatic imine (C=N–C) groups is 1. The SMILES string of the molecule is C[C@]1(c2cc(CC(=O)c3cnc(OCc4ncco4)cn3)cc(F)c2F)N=C(N)S[C@@]2(CF)C[C@H]21. The zero-order chi connectivity index (χ0) is 24.8. The van der Waals surface area contributed by atoms with Crippen LogP contribution in [0.1, 0.15) is 40.9 Å². The van der Waals surface area contributed by atoms with Gasteiger partial charge in [-0.1, -0.05) is 11.8 Å². The lowest BCUT2D eigenvalue weighted by Crippen LogP contribution is -2.37. The van der Waals surface area contributed by atoms with E-state index in [4.69, 9.17) is 14.9 Å². The number of hydrogen-bond acceptors (Lipinski definition) is 9. The van der Waals surface area contributed by atoms with Crippen LogP contribution in [0.3, 0.4) is 0 Å². The molecule has 2 aromatic heterocycles. The molecule has 1 aliphatic carbocycles. The molecule has 3 heterocycles. The molecular weight excluding hydrogens is 483 g/mol. The van der Waals surface area contributed by atoms with E-state index in [0.717, 1.165) is 17.8 Å². The van der Waals surface area contributed by atoms with Gasteiger partial charge in [0.1, 0.15) is 18.6 Å². The highest BCUT2D eigenvalue weighted by atomic mass is 32.2. The summed E-state index contributed by atoms with van der Waals surface area (Å²) in [6.45, 7) is 1.02. The van der Waals surface area contributed by atoms with Crippen LogP contribution in [0.5, 0.6) is 5.88 Å². The third-order valence-corrected chi connectivity index (χ3v) is 7.59. The number of carbonyl (C=O) groups excluding carboxylic acids is 1. The fourth-order valence-electron chi connectivity index (χ4n) is 4.46. The molecule has 182 valence electrons. The van der Waals surface area contributed by atoms with Crippen LogP contribution < -0.4 is 10.5 Å². The van der Waals surface area contributed by atoms with E-state index in [0.29, 0.717) is 12.3 Å². The minimum absolute atomic E-state index is 0.0286. The van der Waals surface area contributed by atoms with Gasteiger partial charge in [-0.25, -0.2) is 28.1 Å². The van der Waals surface area contributed by atoms with Gasteiger partial charge in [0.15, 0.2) is 29.2 Å². The maximum atomic E-state index is 14.9. The summed E-state index contributed by atoms with van der Waals surface area (Å²) in [7, 11) is 0. The topological polar surface area (TPSA) is 116 Å². The van der Waals surface area contributed by atoms with Gasteiger partial charge in [0.05, 0.1) is 28.9 Å². The van der Waals surface area contributed by atoms with Crippen molar-refractivity contribution >= 4 is 22.7 Å². The first-order valence-electron chi connectivity index (χ1n) is 10.7. The molecule has 2 aliphatic rings. The number of benzene rings is 1. The number of ketones is 1. The molecule has 0 amide bonds. The minimum Gasteiger partial charge on any atom is -0.467 e. The van der Waals surface area contributed by atoms with E-state index in [9.17, 15) is 18.0 Å². The Bertz CT molecular complexity index is 1300. The van der Waals surface area contributed by atoms with Crippen molar-refractivity contribution < 1.29 is 27.1 Å². The number of amidine groups is 1. The number of ether oxygens (including phenoxy) is 1. The monoisotopic (exact) mass is 503 g/mol. The second-order valence-electron chi connectivity index (χ2n) is 8.65. The van der Waals surface area contributed by atoms with Crippen LogP contribution in [0, 0.1) is 17.6 Å². The van der Waals surface area contributed by atoms with Crippen molar-refractivity contribution in [1.82, 2.24) is 15.0 Å². The Hall–Kier alpha value is -3.41. The first kappa shape index (κ1) is 23.3. The molecule has 0 radical (unpaired) electrons. The summed E-state index contributed by atoms with van der Waals surface area (Å²) in [4.78, 5) is 29.2. The lowest BCUT2D eigenvalue weighted by atomic mass is 9.84. The van der Waals surface area contributed by atoms with E-state index in [-0.39, 0.29) is 46.8 Å². The van der Waals surface area contributed by atoms with Crippen LogP contribution in [-0.4, -0.2) is 37.3 Å². The molecule has 3 atom stereocenters. The molecule has 1 fully saturated rings. The van der Waals surface area contributed by atoms with Crippen molar-refractivity contribution in [2.45, 2.75) is 36.7 Å². The smallest absolute Gasteiger partial charge is 0.232 e. The van der Waals surface area contributed by atoms with Crippen LogP contribution in [-0.2, 0) is 18.6 Å². The maximum absolute atomic E-state index is 14.9. The normalized spacial score (nSPS) is 25.0. The van der Waals surface area contributed by atoms with Crippen LogP contribution >= 0.6 is 11.8 Å². The van der Waals surface area contributed by atoms with E-state index >= 15 is 0 Å². The van der Waals surface area contributed by atoms with Crippen molar-refractivity contribution in [1.29, 1.82) is 0 Å². The molecule has 1 aliphatic heterocycles. The molecule has 35 heavy (non-hydrogen) atoms. The summed E-state index contributed by atoms with van der Waals surface area (Å²) < 4.78 is 52.9. The number of oxazole rings is 1. The molecule has 0 saturated heterocycles. The zero-order valence-corrected chi connectivity index (χ0v) is 19.3.